The summed E-state index contributed by atoms with van der Waals surface area (Å²) >= 11 is 0. The van der Waals surface area contributed by atoms with E-state index in [1.54, 1.807) is 12.1 Å². The smallest absolute Gasteiger partial charge is 0.243 e. The van der Waals surface area contributed by atoms with Gasteiger partial charge in [-0.1, -0.05) is 19.1 Å². The number of hydrogen-bond acceptors (Lipinski definition) is 5. The molecule has 0 saturated carbocycles. The van der Waals surface area contributed by atoms with Gasteiger partial charge in [-0.05, 0) is 44.6 Å². The van der Waals surface area contributed by atoms with Crippen LogP contribution in [0.15, 0.2) is 29.2 Å². The molecule has 1 saturated heterocycles. The quantitative estimate of drug-likeness (QED) is 0.711. The molecule has 0 spiro atoms. The molecule has 0 aromatic heterocycles. The molecular weight excluding hydrogens is 348 g/mol. The average Bonchev–Trinajstić information content (AvgIpc) is 2.86. The molecule has 0 radical (unpaired) electrons. The summed E-state index contributed by atoms with van der Waals surface area (Å²) in [5.74, 6) is -0.0346. The van der Waals surface area contributed by atoms with Gasteiger partial charge in [0.1, 0.15) is 0 Å². The standard InChI is InChI=1S/C16H26N2O4S2/c1-4-14-5-7-16(8-6-14)24(21,22)18(11-10-17(2)3)15-9-12-23(19,20)13-15/h5-8,15H,4,9-13H2,1-3H3/t15-/m1/s1. The van der Waals surface area contributed by atoms with Crippen molar-refractivity contribution in [2.45, 2.75) is 30.7 Å². The van der Waals surface area contributed by atoms with E-state index in [2.05, 4.69) is 0 Å². The largest absolute Gasteiger partial charge is 0.308 e. The first kappa shape index (κ1) is 19.4. The van der Waals surface area contributed by atoms with Crippen LogP contribution in [-0.4, -0.2) is 70.8 Å². The summed E-state index contributed by atoms with van der Waals surface area (Å²) in [4.78, 5) is 2.12. The molecule has 1 fully saturated rings. The second-order valence-corrected chi connectivity index (χ2v) is 10.6. The molecule has 0 N–H and O–H groups in total. The van der Waals surface area contributed by atoms with Crippen LogP contribution in [0.25, 0.3) is 0 Å². The van der Waals surface area contributed by atoms with Crippen molar-refractivity contribution in [1.29, 1.82) is 0 Å². The van der Waals surface area contributed by atoms with E-state index in [-0.39, 0.29) is 22.9 Å². The van der Waals surface area contributed by atoms with Crippen LogP contribution in [0.5, 0.6) is 0 Å². The molecule has 136 valence electrons. The highest BCUT2D eigenvalue weighted by Gasteiger charge is 2.38. The Labute approximate surface area is 145 Å². The van der Waals surface area contributed by atoms with Crippen molar-refractivity contribution in [3.8, 4) is 0 Å². The molecule has 1 atom stereocenters. The molecule has 1 aliphatic heterocycles. The average molecular weight is 375 g/mol. The van der Waals surface area contributed by atoms with Crippen LogP contribution in [0.2, 0.25) is 0 Å². The van der Waals surface area contributed by atoms with Gasteiger partial charge in [0.15, 0.2) is 9.84 Å². The van der Waals surface area contributed by atoms with Gasteiger partial charge in [0.25, 0.3) is 0 Å². The van der Waals surface area contributed by atoms with Crippen LogP contribution in [0.1, 0.15) is 18.9 Å². The minimum Gasteiger partial charge on any atom is -0.308 e. The fraction of sp³-hybridized carbons (Fsp3) is 0.625. The van der Waals surface area contributed by atoms with Crippen LogP contribution in [0, 0.1) is 0 Å². The monoisotopic (exact) mass is 374 g/mol. The number of sulfonamides is 1. The minimum absolute atomic E-state index is 0.0560. The maximum absolute atomic E-state index is 13.1. The third-order valence-electron chi connectivity index (χ3n) is 4.32. The Balaban J connectivity index is 2.33. The number of benzene rings is 1. The first-order valence-corrected chi connectivity index (χ1v) is 11.4. The summed E-state index contributed by atoms with van der Waals surface area (Å²) in [6.07, 6.45) is 1.20. The highest BCUT2D eigenvalue weighted by Crippen LogP contribution is 2.25. The third-order valence-corrected chi connectivity index (χ3v) is 8.04. The number of sulfone groups is 1. The van der Waals surface area contributed by atoms with Crippen LogP contribution in [0.3, 0.4) is 0 Å². The lowest BCUT2D eigenvalue weighted by molar-refractivity contribution is 0.293. The molecule has 0 amide bonds. The van der Waals surface area contributed by atoms with E-state index < -0.39 is 25.9 Å². The fourth-order valence-electron chi connectivity index (χ4n) is 2.83. The fourth-order valence-corrected chi connectivity index (χ4v) is 6.30. The Hall–Kier alpha value is -0.960. The van der Waals surface area contributed by atoms with Crippen molar-refractivity contribution >= 4 is 19.9 Å². The van der Waals surface area contributed by atoms with Gasteiger partial charge < -0.3 is 4.90 Å². The van der Waals surface area contributed by atoms with Crippen molar-refractivity contribution < 1.29 is 16.8 Å². The Morgan fingerprint density at radius 1 is 1.12 bits per heavy atom. The molecule has 1 aliphatic rings. The van der Waals surface area contributed by atoms with Gasteiger partial charge in [0.05, 0.1) is 16.4 Å². The van der Waals surface area contributed by atoms with Crippen LogP contribution in [-0.2, 0) is 26.3 Å². The molecule has 1 aromatic carbocycles. The Kier molecular flexibility index (Phi) is 6.06. The first-order valence-electron chi connectivity index (χ1n) is 8.11. The van der Waals surface area contributed by atoms with E-state index in [1.165, 1.54) is 4.31 Å². The summed E-state index contributed by atoms with van der Waals surface area (Å²) in [6.45, 7) is 2.84. The van der Waals surface area contributed by atoms with E-state index in [9.17, 15) is 16.8 Å². The highest BCUT2D eigenvalue weighted by molar-refractivity contribution is 7.92. The van der Waals surface area contributed by atoms with Gasteiger partial charge in [0, 0.05) is 19.1 Å². The van der Waals surface area contributed by atoms with E-state index in [0.717, 1.165) is 12.0 Å². The SMILES string of the molecule is CCc1ccc(S(=O)(=O)N(CCN(C)C)[C@@H]2CCS(=O)(=O)C2)cc1. The molecule has 1 aromatic rings. The van der Waals surface area contributed by atoms with Gasteiger partial charge in [-0.2, -0.15) is 4.31 Å². The number of nitrogens with zero attached hydrogens (tertiary/aromatic N) is 2. The van der Waals surface area contributed by atoms with Crippen LogP contribution >= 0.6 is 0 Å². The molecule has 6 nitrogen and oxygen atoms in total. The molecule has 1 heterocycles. The van der Waals surface area contributed by atoms with Crippen molar-refractivity contribution in [1.82, 2.24) is 9.21 Å². The normalized spacial score (nSPS) is 20.8. The topological polar surface area (TPSA) is 74.8 Å². The zero-order valence-electron chi connectivity index (χ0n) is 14.5. The molecule has 0 bridgehead atoms. The summed E-state index contributed by atoms with van der Waals surface area (Å²) in [7, 11) is -3.13. The van der Waals surface area contributed by atoms with Crippen molar-refractivity contribution in [3.05, 3.63) is 29.8 Å². The van der Waals surface area contributed by atoms with Crippen LogP contribution in [0.4, 0.5) is 0 Å². The second-order valence-electron chi connectivity index (χ2n) is 6.47. The van der Waals surface area contributed by atoms with Gasteiger partial charge in [-0.3, -0.25) is 0 Å². The zero-order valence-corrected chi connectivity index (χ0v) is 16.1. The predicted octanol–water partition coefficient (Wildman–Crippen LogP) is 0.988. The second kappa shape index (κ2) is 7.51. The lowest BCUT2D eigenvalue weighted by Gasteiger charge is -2.28. The molecular formula is C16H26N2O4S2. The summed E-state index contributed by atoms with van der Waals surface area (Å²) in [5.41, 5.74) is 1.07. The highest BCUT2D eigenvalue weighted by atomic mass is 32.2. The molecule has 2 rings (SSSR count). The van der Waals surface area contributed by atoms with Crippen molar-refractivity contribution in [3.63, 3.8) is 0 Å². The van der Waals surface area contributed by atoms with Gasteiger partial charge in [-0.25, -0.2) is 16.8 Å². The lowest BCUT2D eigenvalue weighted by atomic mass is 10.2. The van der Waals surface area contributed by atoms with Gasteiger partial charge in [0.2, 0.25) is 10.0 Å². The number of likely N-dealkylation sites (N-methyl/N-ethyl adjacent to an activating group) is 1. The van der Waals surface area contributed by atoms with Crippen molar-refractivity contribution in [2.24, 2.45) is 0 Å². The van der Waals surface area contributed by atoms with E-state index >= 15 is 0 Å². The lowest BCUT2D eigenvalue weighted by Crippen LogP contribution is -2.44. The van der Waals surface area contributed by atoms with E-state index in [4.69, 9.17) is 0 Å². The van der Waals surface area contributed by atoms with E-state index in [1.807, 2.05) is 38.1 Å². The Bertz CT molecular complexity index is 756. The maximum atomic E-state index is 13.1. The van der Waals surface area contributed by atoms with E-state index in [0.29, 0.717) is 13.0 Å². The molecule has 8 heteroatoms. The summed E-state index contributed by atoms with van der Waals surface area (Å²) < 4.78 is 51.1. The number of aryl methyl sites for hydroxylation is 1. The van der Waals surface area contributed by atoms with Gasteiger partial charge in [-0.15, -0.1) is 0 Å². The maximum Gasteiger partial charge on any atom is 0.243 e. The third kappa shape index (κ3) is 4.56. The summed E-state index contributed by atoms with van der Waals surface area (Å²) in [6, 6.07) is 6.36. The predicted molar refractivity (Wildman–Crippen MR) is 95.3 cm³/mol. The van der Waals surface area contributed by atoms with Crippen LogP contribution < -0.4 is 0 Å². The van der Waals surface area contributed by atoms with Crippen molar-refractivity contribution in [2.75, 3.05) is 38.7 Å². The number of hydrogen-bond donors (Lipinski definition) is 0. The molecule has 0 unspecified atom stereocenters. The first-order chi connectivity index (χ1) is 11.2. The zero-order chi connectivity index (χ0) is 18.0. The Morgan fingerprint density at radius 3 is 2.21 bits per heavy atom. The van der Waals surface area contributed by atoms with Gasteiger partial charge >= 0.3 is 0 Å². The minimum atomic E-state index is -3.71. The number of rotatable bonds is 7. The molecule has 0 aliphatic carbocycles. The summed E-state index contributed by atoms with van der Waals surface area (Å²) in [5, 5.41) is 0. The molecule has 24 heavy (non-hydrogen) atoms. The Morgan fingerprint density at radius 2 is 1.75 bits per heavy atom.